The number of hydrogen-bond donors (Lipinski definition) is 4. The zero-order valence-electron chi connectivity index (χ0n) is 15.9. The highest BCUT2D eigenvalue weighted by Gasteiger charge is 2.35. The molecular weight excluding hydrogens is 368 g/mol. The summed E-state index contributed by atoms with van der Waals surface area (Å²) in [6.45, 7) is 2.48. The first kappa shape index (κ1) is 19.1. The third kappa shape index (κ3) is 3.99. The molecule has 0 aromatic heterocycles. The third-order valence-corrected chi connectivity index (χ3v) is 5.39. The molecule has 0 unspecified atom stereocenters. The number of phenolic OH excluding ortho intramolecular Hbond substituents is 4. The highest BCUT2D eigenvalue weighted by Crippen LogP contribution is 2.39. The van der Waals surface area contributed by atoms with E-state index in [9.17, 15) is 20.4 Å². The minimum absolute atomic E-state index is 0.00348. The second-order valence-electron chi connectivity index (χ2n) is 7.32. The van der Waals surface area contributed by atoms with Gasteiger partial charge in [-0.2, -0.15) is 0 Å². The predicted molar refractivity (Wildman–Crippen MR) is 110 cm³/mol. The molecule has 3 aromatic carbocycles. The van der Waals surface area contributed by atoms with Gasteiger partial charge in [-0.15, -0.1) is 0 Å². The van der Waals surface area contributed by atoms with Crippen molar-refractivity contribution in [1.82, 2.24) is 9.80 Å². The summed E-state index contributed by atoms with van der Waals surface area (Å²) in [5, 5.41) is 40.6. The van der Waals surface area contributed by atoms with Crippen molar-refractivity contribution >= 4 is 0 Å². The van der Waals surface area contributed by atoms with Crippen LogP contribution in [0.1, 0.15) is 22.9 Å². The minimum Gasteiger partial charge on any atom is -0.508 e. The molecule has 4 N–H and O–H groups in total. The molecule has 1 heterocycles. The van der Waals surface area contributed by atoms with Gasteiger partial charge < -0.3 is 20.4 Å². The zero-order valence-corrected chi connectivity index (χ0v) is 15.9. The van der Waals surface area contributed by atoms with E-state index in [-0.39, 0.29) is 29.2 Å². The van der Waals surface area contributed by atoms with E-state index in [0.717, 1.165) is 24.2 Å². The summed E-state index contributed by atoms with van der Waals surface area (Å²) in [5.74, 6) is 0.492. The van der Waals surface area contributed by atoms with E-state index < -0.39 is 0 Å². The molecule has 6 heteroatoms. The Labute approximate surface area is 169 Å². The Morgan fingerprint density at radius 1 is 0.655 bits per heavy atom. The highest BCUT2D eigenvalue weighted by atomic mass is 16.3. The standard InChI is InChI=1S/C23H24N2O4/c26-18-9-10-19(22(29)13-18)23-24(14-16-5-1-3-7-20(16)27)11-12-25(23)15-17-6-2-4-8-21(17)28/h1-10,13,23,26-29H,11-12,14-15H2. The average molecular weight is 392 g/mol. The average Bonchev–Trinajstić information content (AvgIpc) is 3.07. The molecule has 6 nitrogen and oxygen atoms in total. The molecule has 150 valence electrons. The second kappa shape index (κ2) is 8.03. The van der Waals surface area contributed by atoms with Crippen LogP contribution in [0.15, 0.2) is 66.7 Å². The van der Waals surface area contributed by atoms with Crippen LogP contribution < -0.4 is 0 Å². The summed E-state index contributed by atoms with van der Waals surface area (Å²) in [6.07, 6.45) is -0.269. The quantitative estimate of drug-likeness (QED) is 0.531. The van der Waals surface area contributed by atoms with E-state index in [0.29, 0.717) is 18.7 Å². The van der Waals surface area contributed by atoms with Crippen molar-refractivity contribution in [1.29, 1.82) is 0 Å². The van der Waals surface area contributed by atoms with Crippen LogP contribution in [-0.2, 0) is 13.1 Å². The molecular formula is C23H24N2O4. The van der Waals surface area contributed by atoms with E-state index in [1.807, 2.05) is 24.3 Å². The fraction of sp³-hybridized carbons (Fsp3) is 0.217. The van der Waals surface area contributed by atoms with Gasteiger partial charge in [0, 0.05) is 48.9 Å². The third-order valence-electron chi connectivity index (χ3n) is 5.39. The monoisotopic (exact) mass is 392 g/mol. The fourth-order valence-corrected chi connectivity index (χ4v) is 3.93. The molecule has 0 radical (unpaired) electrons. The lowest BCUT2D eigenvalue weighted by atomic mass is 10.1. The van der Waals surface area contributed by atoms with Crippen LogP contribution in [-0.4, -0.2) is 43.3 Å². The summed E-state index contributed by atoms with van der Waals surface area (Å²) < 4.78 is 0. The van der Waals surface area contributed by atoms with Gasteiger partial charge in [0.05, 0.1) is 6.17 Å². The van der Waals surface area contributed by atoms with Crippen molar-refractivity contribution in [2.75, 3.05) is 13.1 Å². The molecule has 29 heavy (non-hydrogen) atoms. The Morgan fingerprint density at radius 3 is 1.66 bits per heavy atom. The van der Waals surface area contributed by atoms with Gasteiger partial charge in [-0.25, -0.2) is 0 Å². The first-order valence-electron chi connectivity index (χ1n) is 9.56. The summed E-state index contributed by atoms with van der Waals surface area (Å²) in [6, 6.07) is 19.1. The molecule has 0 spiro atoms. The number of aromatic hydroxyl groups is 4. The van der Waals surface area contributed by atoms with Gasteiger partial charge in [0.2, 0.25) is 0 Å². The van der Waals surface area contributed by atoms with Crippen molar-refractivity contribution in [3.8, 4) is 23.0 Å². The van der Waals surface area contributed by atoms with Crippen LogP contribution in [0, 0.1) is 0 Å². The Balaban J connectivity index is 1.68. The lowest BCUT2D eigenvalue weighted by Gasteiger charge is -2.31. The smallest absolute Gasteiger partial charge is 0.125 e. The first-order valence-corrected chi connectivity index (χ1v) is 9.56. The van der Waals surface area contributed by atoms with Crippen molar-refractivity contribution in [3.63, 3.8) is 0 Å². The van der Waals surface area contributed by atoms with Crippen LogP contribution in [0.5, 0.6) is 23.0 Å². The summed E-state index contributed by atoms with van der Waals surface area (Å²) in [5.41, 5.74) is 2.28. The maximum atomic E-state index is 10.5. The van der Waals surface area contributed by atoms with Gasteiger partial charge in [-0.05, 0) is 24.3 Å². The largest absolute Gasteiger partial charge is 0.508 e. The van der Waals surface area contributed by atoms with Crippen LogP contribution in [0.2, 0.25) is 0 Å². The summed E-state index contributed by atoms with van der Waals surface area (Å²) in [7, 11) is 0. The van der Waals surface area contributed by atoms with Crippen molar-refractivity contribution in [2.24, 2.45) is 0 Å². The number of nitrogens with zero attached hydrogens (tertiary/aromatic N) is 2. The number of benzene rings is 3. The first-order chi connectivity index (χ1) is 14.0. The molecule has 0 saturated carbocycles. The molecule has 1 saturated heterocycles. The highest BCUT2D eigenvalue weighted by molar-refractivity contribution is 5.42. The van der Waals surface area contributed by atoms with E-state index in [1.54, 1.807) is 36.4 Å². The summed E-state index contributed by atoms with van der Waals surface area (Å²) in [4.78, 5) is 4.34. The van der Waals surface area contributed by atoms with Gasteiger partial charge in [0.1, 0.15) is 23.0 Å². The molecule has 4 rings (SSSR count). The van der Waals surface area contributed by atoms with Gasteiger partial charge in [0.15, 0.2) is 0 Å². The van der Waals surface area contributed by atoms with E-state index in [4.69, 9.17) is 0 Å². The van der Waals surface area contributed by atoms with E-state index >= 15 is 0 Å². The molecule has 3 aromatic rings. The Bertz CT molecular complexity index is 952. The van der Waals surface area contributed by atoms with Gasteiger partial charge in [-0.1, -0.05) is 36.4 Å². The lowest BCUT2D eigenvalue weighted by Crippen LogP contribution is -2.30. The zero-order chi connectivity index (χ0) is 20.4. The molecule has 1 aliphatic heterocycles. The molecule has 1 fully saturated rings. The van der Waals surface area contributed by atoms with Gasteiger partial charge >= 0.3 is 0 Å². The van der Waals surface area contributed by atoms with Crippen molar-refractivity contribution < 1.29 is 20.4 Å². The van der Waals surface area contributed by atoms with Crippen LogP contribution in [0.4, 0.5) is 0 Å². The van der Waals surface area contributed by atoms with Crippen LogP contribution >= 0.6 is 0 Å². The SMILES string of the molecule is Oc1ccc(C2N(Cc3ccccc3O)CCN2Cc2ccccc2O)c(O)c1. The normalized spacial score (nSPS) is 15.7. The summed E-state index contributed by atoms with van der Waals surface area (Å²) >= 11 is 0. The van der Waals surface area contributed by atoms with Crippen molar-refractivity contribution in [2.45, 2.75) is 19.3 Å². The molecule has 0 amide bonds. The topological polar surface area (TPSA) is 87.4 Å². The Morgan fingerprint density at radius 2 is 1.17 bits per heavy atom. The van der Waals surface area contributed by atoms with E-state index in [2.05, 4.69) is 9.80 Å². The van der Waals surface area contributed by atoms with Crippen LogP contribution in [0.25, 0.3) is 0 Å². The second-order valence-corrected chi connectivity index (χ2v) is 7.32. The molecule has 0 atom stereocenters. The minimum atomic E-state index is -0.269. The number of para-hydroxylation sites is 2. The maximum absolute atomic E-state index is 10.5. The van der Waals surface area contributed by atoms with Gasteiger partial charge in [-0.3, -0.25) is 9.80 Å². The predicted octanol–water partition coefficient (Wildman–Crippen LogP) is 3.53. The molecule has 1 aliphatic rings. The Kier molecular flexibility index (Phi) is 5.29. The fourth-order valence-electron chi connectivity index (χ4n) is 3.93. The van der Waals surface area contributed by atoms with Crippen molar-refractivity contribution in [3.05, 3.63) is 83.4 Å². The lowest BCUT2D eigenvalue weighted by molar-refractivity contribution is 0.121. The van der Waals surface area contributed by atoms with Crippen LogP contribution in [0.3, 0.4) is 0 Å². The maximum Gasteiger partial charge on any atom is 0.125 e. The number of rotatable bonds is 5. The molecule has 0 aliphatic carbocycles. The Hall–Kier alpha value is -3.22. The molecule has 0 bridgehead atoms. The number of phenols is 4. The number of hydrogen-bond acceptors (Lipinski definition) is 6. The van der Waals surface area contributed by atoms with E-state index in [1.165, 1.54) is 6.07 Å². The van der Waals surface area contributed by atoms with Gasteiger partial charge in [0.25, 0.3) is 0 Å².